The van der Waals surface area contributed by atoms with Gasteiger partial charge in [0.15, 0.2) is 0 Å². The predicted octanol–water partition coefficient (Wildman–Crippen LogP) is 8.36. The first-order valence-corrected chi connectivity index (χ1v) is 17.9. The number of benzene rings is 4. The number of sulfonamides is 1. The monoisotopic (exact) mass is 733 g/mol. The summed E-state index contributed by atoms with van der Waals surface area (Å²) in [6.07, 6.45) is 0.833. The van der Waals surface area contributed by atoms with Gasteiger partial charge in [-0.25, -0.2) is 8.42 Å². The minimum Gasteiger partial charge on any atom is -0.352 e. The number of aryl methyl sites for hydroxylation is 1. The van der Waals surface area contributed by atoms with Gasteiger partial charge in [-0.05, 0) is 67.8 Å². The van der Waals surface area contributed by atoms with Crippen molar-refractivity contribution in [2.45, 2.75) is 57.1 Å². The molecule has 0 heterocycles. The van der Waals surface area contributed by atoms with E-state index in [4.69, 9.17) is 46.4 Å². The van der Waals surface area contributed by atoms with Crippen molar-refractivity contribution < 1.29 is 18.0 Å². The first-order valence-electron chi connectivity index (χ1n) is 14.9. The van der Waals surface area contributed by atoms with Crippen molar-refractivity contribution in [3.63, 3.8) is 0 Å². The van der Waals surface area contributed by atoms with E-state index >= 15 is 0 Å². The summed E-state index contributed by atoms with van der Waals surface area (Å²) in [6.45, 7) is 4.91. The van der Waals surface area contributed by atoms with Crippen molar-refractivity contribution in [1.29, 1.82) is 0 Å². The highest BCUT2D eigenvalue weighted by molar-refractivity contribution is 7.92. The van der Waals surface area contributed by atoms with Gasteiger partial charge in [0.25, 0.3) is 10.0 Å². The Labute approximate surface area is 296 Å². The van der Waals surface area contributed by atoms with Crippen LogP contribution in [0.2, 0.25) is 20.1 Å². The molecule has 0 bridgehead atoms. The summed E-state index contributed by atoms with van der Waals surface area (Å²) in [5.41, 5.74) is 2.28. The summed E-state index contributed by atoms with van der Waals surface area (Å²) >= 11 is 25.4. The molecule has 12 heteroatoms. The van der Waals surface area contributed by atoms with Gasteiger partial charge in [-0.1, -0.05) is 113 Å². The quantitative estimate of drug-likeness (QED) is 0.150. The minimum absolute atomic E-state index is 0.0197. The molecule has 0 spiro atoms. The number of anilines is 1. The number of nitrogens with one attached hydrogen (secondary N) is 1. The number of amides is 2. The molecule has 0 saturated carbocycles. The molecule has 0 aliphatic rings. The van der Waals surface area contributed by atoms with Crippen molar-refractivity contribution in [3.8, 4) is 0 Å². The number of carbonyl (C=O) groups is 2. The van der Waals surface area contributed by atoms with Crippen molar-refractivity contribution in [1.82, 2.24) is 10.2 Å². The Morgan fingerprint density at radius 1 is 0.809 bits per heavy atom. The maximum Gasteiger partial charge on any atom is 0.264 e. The van der Waals surface area contributed by atoms with Crippen LogP contribution in [0, 0.1) is 6.92 Å². The molecule has 2 amide bonds. The van der Waals surface area contributed by atoms with E-state index in [1.807, 2.05) is 51.1 Å². The van der Waals surface area contributed by atoms with Crippen LogP contribution in [0.15, 0.2) is 95.9 Å². The Morgan fingerprint density at radius 3 is 2.13 bits per heavy atom. The third kappa shape index (κ3) is 9.21. The smallest absolute Gasteiger partial charge is 0.264 e. The van der Waals surface area contributed by atoms with Gasteiger partial charge in [-0.3, -0.25) is 13.9 Å². The van der Waals surface area contributed by atoms with E-state index in [2.05, 4.69) is 5.32 Å². The van der Waals surface area contributed by atoms with E-state index in [-0.39, 0.29) is 50.6 Å². The lowest BCUT2D eigenvalue weighted by Crippen LogP contribution is -2.54. The van der Waals surface area contributed by atoms with Gasteiger partial charge in [0.1, 0.15) is 12.6 Å². The van der Waals surface area contributed by atoms with Gasteiger partial charge >= 0.3 is 0 Å². The van der Waals surface area contributed by atoms with Gasteiger partial charge in [-0.2, -0.15) is 0 Å². The molecule has 248 valence electrons. The van der Waals surface area contributed by atoms with E-state index in [1.165, 1.54) is 29.2 Å². The van der Waals surface area contributed by atoms with Crippen LogP contribution in [0.1, 0.15) is 37.0 Å². The highest BCUT2D eigenvalue weighted by Gasteiger charge is 2.36. The average Bonchev–Trinajstić information content (AvgIpc) is 3.05. The van der Waals surface area contributed by atoms with E-state index in [0.29, 0.717) is 17.0 Å². The summed E-state index contributed by atoms with van der Waals surface area (Å²) < 4.78 is 29.4. The van der Waals surface area contributed by atoms with Crippen LogP contribution in [0.25, 0.3) is 0 Å². The lowest BCUT2D eigenvalue weighted by Gasteiger charge is -2.34. The zero-order valence-corrected chi connectivity index (χ0v) is 29.9. The molecule has 2 atom stereocenters. The average molecular weight is 736 g/mol. The van der Waals surface area contributed by atoms with Crippen LogP contribution in [-0.4, -0.2) is 43.8 Å². The zero-order chi connectivity index (χ0) is 34.3. The highest BCUT2D eigenvalue weighted by Crippen LogP contribution is 2.36. The molecule has 4 rings (SSSR count). The van der Waals surface area contributed by atoms with Gasteiger partial charge < -0.3 is 10.2 Å². The molecular weight excluding hydrogens is 700 g/mol. The molecule has 1 N–H and O–H groups in total. The van der Waals surface area contributed by atoms with Crippen LogP contribution in [0.5, 0.6) is 0 Å². The Kier molecular flexibility index (Phi) is 12.6. The molecule has 0 saturated heterocycles. The first kappa shape index (κ1) is 36.6. The van der Waals surface area contributed by atoms with Gasteiger partial charge in [0.2, 0.25) is 11.8 Å². The summed E-state index contributed by atoms with van der Waals surface area (Å²) in [7, 11) is -4.35. The van der Waals surface area contributed by atoms with Crippen LogP contribution in [0.3, 0.4) is 0 Å². The zero-order valence-electron chi connectivity index (χ0n) is 26.1. The minimum atomic E-state index is -4.35. The van der Waals surface area contributed by atoms with Crippen LogP contribution in [-0.2, 0) is 32.6 Å². The second kappa shape index (κ2) is 16.2. The van der Waals surface area contributed by atoms with Crippen LogP contribution >= 0.6 is 46.4 Å². The fourth-order valence-corrected chi connectivity index (χ4v) is 7.06. The number of hydrogen-bond donors (Lipinski definition) is 1. The molecule has 0 aliphatic carbocycles. The SMILES string of the molecule is CC[C@H](C)NC(=O)[C@@H](Cc1ccccc1)N(Cc1ccc(Cl)c(Cl)c1)C(=O)CN(c1cccc(Cl)c1Cl)S(=O)(=O)c1ccc(C)cc1. The lowest BCUT2D eigenvalue weighted by molar-refractivity contribution is -0.140. The van der Waals surface area contributed by atoms with Crippen LogP contribution < -0.4 is 9.62 Å². The number of nitrogens with zero attached hydrogens (tertiary/aromatic N) is 2. The molecule has 4 aromatic rings. The summed E-state index contributed by atoms with van der Waals surface area (Å²) in [4.78, 5) is 29.9. The highest BCUT2D eigenvalue weighted by atomic mass is 35.5. The van der Waals surface area contributed by atoms with E-state index in [9.17, 15) is 18.0 Å². The van der Waals surface area contributed by atoms with E-state index < -0.39 is 28.5 Å². The van der Waals surface area contributed by atoms with Crippen molar-refractivity contribution in [2.24, 2.45) is 0 Å². The number of halogens is 4. The lowest BCUT2D eigenvalue weighted by atomic mass is 10.0. The summed E-state index contributed by atoms with van der Waals surface area (Å²) in [5.74, 6) is -1.03. The number of hydrogen-bond acceptors (Lipinski definition) is 4. The Balaban J connectivity index is 1.85. The third-order valence-electron chi connectivity index (χ3n) is 7.70. The molecule has 0 radical (unpaired) electrons. The van der Waals surface area contributed by atoms with Gasteiger partial charge in [0.05, 0.1) is 30.7 Å². The number of carbonyl (C=O) groups excluding carboxylic acids is 2. The van der Waals surface area contributed by atoms with Crippen molar-refractivity contribution >= 4 is 73.9 Å². The molecule has 4 aromatic carbocycles. The Bertz CT molecular complexity index is 1820. The molecule has 0 aromatic heterocycles. The second-order valence-electron chi connectivity index (χ2n) is 11.2. The second-order valence-corrected chi connectivity index (χ2v) is 14.7. The maximum absolute atomic E-state index is 14.6. The fraction of sp³-hybridized carbons (Fsp3) is 0.257. The van der Waals surface area contributed by atoms with Gasteiger partial charge in [0, 0.05) is 19.0 Å². The molecule has 0 aliphatic heterocycles. The third-order valence-corrected chi connectivity index (χ3v) is 11.0. The van der Waals surface area contributed by atoms with E-state index in [1.54, 1.807) is 36.4 Å². The van der Waals surface area contributed by atoms with E-state index in [0.717, 1.165) is 15.4 Å². The molecule has 0 fully saturated rings. The molecular formula is C35H35Cl4N3O4S. The fourth-order valence-electron chi connectivity index (χ4n) is 4.87. The van der Waals surface area contributed by atoms with Crippen molar-refractivity contribution in [2.75, 3.05) is 10.8 Å². The normalized spacial score (nSPS) is 12.7. The number of rotatable bonds is 13. The van der Waals surface area contributed by atoms with Crippen LogP contribution in [0.4, 0.5) is 5.69 Å². The summed E-state index contributed by atoms with van der Waals surface area (Å²) in [5, 5.41) is 3.68. The summed E-state index contributed by atoms with van der Waals surface area (Å²) in [6, 6.07) is 23.8. The molecule has 0 unspecified atom stereocenters. The van der Waals surface area contributed by atoms with Crippen molar-refractivity contribution in [3.05, 3.63) is 128 Å². The first-order chi connectivity index (χ1) is 22.3. The predicted molar refractivity (Wildman–Crippen MR) is 191 cm³/mol. The topological polar surface area (TPSA) is 86.8 Å². The largest absolute Gasteiger partial charge is 0.352 e. The Morgan fingerprint density at radius 2 is 1.49 bits per heavy atom. The maximum atomic E-state index is 14.6. The molecule has 7 nitrogen and oxygen atoms in total. The standard InChI is InChI=1S/C35H35Cl4N3O4S/c1-4-24(3)40-35(44)32(20-25-9-6-5-7-10-25)41(21-26-15-18-28(36)30(38)19-26)33(43)22-42(31-12-8-11-29(37)34(31)39)47(45,46)27-16-13-23(2)14-17-27/h5-19,24,32H,4,20-22H2,1-3H3,(H,40,44)/t24-,32+/m0/s1. The molecule has 47 heavy (non-hydrogen) atoms. The van der Waals surface area contributed by atoms with Gasteiger partial charge in [-0.15, -0.1) is 0 Å². The Hall–Kier alpha value is -3.27.